The maximum absolute atomic E-state index is 12.3. The SMILES string of the molecule is Cc1ccc(C(=O)NC(=S)Nc2cccc(-c3nc4ncccc4o3)c2)cc1. The van der Waals surface area contributed by atoms with Gasteiger partial charge in [-0.05, 0) is 61.6 Å². The minimum Gasteiger partial charge on any atom is -0.434 e. The smallest absolute Gasteiger partial charge is 0.257 e. The molecule has 0 radical (unpaired) electrons. The third-order valence-corrected chi connectivity index (χ3v) is 4.28. The Morgan fingerprint density at radius 1 is 1.07 bits per heavy atom. The Bertz CT molecular complexity index is 1140. The summed E-state index contributed by atoms with van der Waals surface area (Å²) in [5, 5.41) is 5.90. The van der Waals surface area contributed by atoms with E-state index in [4.69, 9.17) is 16.6 Å². The highest BCUT2D eigenvalue weighted by molar-refractivity contribution is 7.80. The van der Waals surface area contributed by atoms with E-state index < -0.39 is 0 Å². The van der Waals surface area contributed by atoms with Crippen molar-refractivity contribution in [3.05, 3.63) is 78.0 Å². The van der Waals surface area contributed by atoms with Crippen LogP contribution in [0.5, 0.6) is 0 Å². The molecule has 0 atom stereocenters. The number of hydrogen-bond donors (Lipinski definition) is 2. The number of oxazole rings is 1. The summed E-state index contributed by atoms with van der Waals surface area (Å²) in [5.74, 6) is 0.200. The quantitative estimate of drug-likeness (QED) is 0.509. The van der Waals surface area contributed by atoms with Crippen LogP contribution in [0, 0.1) is 6.92 Å². The van der Waals surface area contributed by atoms with Crippen LogP contribution < -0.4 is 10.6 Å². The van der Waals surface area contributed by atoms with E-state index in [0.717, 1.165) is 11.1 Å². The van der Waals surface area contributed by atoms with Crippen molar-refractivity contribution in [2.75, 3.05) is 5.32 Å². The molecule has 2 aromatic carbocycles. The number of amides is 1. The molecule has 0 aliphatic carbocycles. The van der Waals surface area contributed by atoms with Gasteiger partial charge in [-0.3, -0.25) is 10.1 Å². The van der Waals surface area contributed by atoms with Gasteiger partial charge in [-0.2, -0.15) is 4.98 Å². The van der Waals surface area contributed by atoms with Gasteiger partial charge in [0.25, 0.3) is 5.91 Å². The number of fused-ring (bicyclic) bond motifs is 1. The van der Waals surface area contributed by atoms with Crippen LogP contribution in [0.4, 0.5) is 5.69 Å². The molecular weight excluding hydrogens is 372 g/mol. The van der Waals surface area contributed by atoms with Crippen molar-refractivity contribution < 1.29 is 9.21 Å². The number of nitrogens with zero attached hydrogens (tertiary/aromatic N) is 2. The second kappa shape index (κ2) is 7.58. The van der Waals surface area contributed by atoms with Crippen molar-refractivity contribution >= 4 is 40.2 Å². The first-order valence-electron chi connectivity index (χ1n) is 8.59. The first-order chi connectivity index (χ1) is 13.6. The maximum atomic E-state index is 12.3. The first kappa shape index (κ1) is 17.8. The van der Waals surface area contributed by atoms with E-state index in [1.165, 1.54) is 0 Å². The molecule has 0 fully saturated rings. The molecule has 0 unspecified atom stereocenters. The summed E-state index contributed by atoms with van der Waals surface area (Å²) in [4.78, 5) is 20.8. The van der Waals surface area contributed by atoms with Crippen LogP contribution in [0.1, 0.15) is 15.9 Å². The summed E-state index contributed by atoms with van der Waals surface area (Å²) in [6, 6.07) is 18.3. The van der Waals surface area contributed by atoms with Gasteiger partial charge in [0.05, 0.1) is 0 Å². The van der Waals surface area contributed by atoms with Crippen LogP contribution in [0.15, 0.2) is 71.3 Å². The molecule has 4 rings (SSSR count). The molecule has 28 heavy (non-hydrogen) atoms. The van der Waals surface area contributed by atoms with Crippen LogP contribution in [0.2, 0.25) is 0 Å². The van der Waals surface area contributed by atoms with Crippen molar-refractivity contribution in [3.63, 3.8) is 0 Å². The molecule has 4 aromatic rings. The standard InChI is InChI=1S/C21H16N4O2S/c1-13-7-9-14(10-8-13)19(26)25-21(28)23-16-5-2-4-15(12-16)20-24-18-17(27-20)6-3-11-22-18/h2-12H,1H3,(H2,23,25,26,28). The molecule has 138 valence electrons. The van der Waals surface area contributed by atoms with Crippen LogP contribution >= 0.6 is 12.2 Å². The second-order valence-corrected chi connectivity index (χ2v) is 6.61. The molecule has 0 saturated heterocycles. The zero-order valence-corrected chi connectivity index (χ0v) is 15.8. The van der Waals surface area contributed by atoms with Gasteiger partial charge in [-0.15, -0.1) is 0 Å². The van der Waals surface area contributed by atoms with Crippen LogP contribution in [-0.2, 0) is 0 Å². The topological polar surface area (TPSA) is 80.0 Å². The van der Waals surface area contributed by atoms with E-state index in [1.807, 2.05) is 49.4 Å². The van der Waals surface area contributed by atoms with Crippen molar-refractivity contribution in [2.24, 2.45) is 0 Å². The lowest BCUT2D eigenvalue weighted by atomic mass is 10.1. The van der Waals surface area contributed by atoms with Crippen LogP contribution in [0.25, 0.3) is 22.7 Å². The number of aromatic nitrogens is 2. The lowest BCUT2D eigenvalue weighted by Crippen LogP contribution is -2.34. The fraction of sp³-hybridized carbons (Fsp3) is 0.0476. The zero-order chi connectivity index (χ0) is 19.5. The molecule has 0 saturated carbocycles. The van der Waals surface area contributed by atoms with Gasteiger partial charge in [0.15, 0.2) is 16.3 Å². The number of benzene rings is 2. The molecule has 0 aliphatic heterocycles. The molecule has 1 amide bonds. The number of carbonyl (C=O) groups is 1. The Morgan fingerprint density at radius 3 is 2.68 bits per heavy atom. The van der Waals surface area contributed by atoms with Gasteiger partial charge in [-0.25, -0.2) is 4.98 Å². The third-order valence-electron chi connectivity index (χ3n) is 4.07. The van der Waals surface area contributed by atoms with Gasteiger partial charge in [0, 0.05) is 23.0 Å². The van der Waals surface area contributed by atoms with Crippen LogP contribution in [0.3, 0.4) is 0 Å². The summed E-state index contributed by atoms with van der Waals surface area (Å²) in [6.07, 6.45) is 1.67. The number of anilines is 1. The van der Waals surface area contributed by atoms with Gasteiger partial charge < -0.3 is 9.73 Å². The Hall–Kier alpha value is -3.58. The lowest BCUT2D eigenvalue weighted by Gasteiger charge is -2.10. The largest absolute Gasteiger partial charge is 0.434 e. The van der Waals surface area contributed by atoms with Crippen molar-refractivity contribution in [2.45, 2.75) is 6.92 Å². The second-order valence-electron chi connectivity index (χ2n) is 6.20. The van der Waals surface area contributed by atoms with Gasteiger partial charge >= 0.3 is 0 Å². The average molecular weight is 388 g/mol. The predicted octanol–water partition coefficient (Wildman–Crippen LogP) is 4.33. The molecule has 0 bridgehead atoms. The molecular formula is C21H16N4O2S. The predicted molar refractivity (Wildman–Crippen MR) is 112 cm³/mol. The number of carbonyl (C=O) groups excluding carboxylic acids is 1. The van der Waals surface area contributed by atoms with E-state index in [1.54, 1.807) is 24.4 Å². The first-order valence-corrected chi connectivity index (χ1v) is 9.00. The number of thiocarbonyl (C=S) groups is 1. The Kier molecular flexibility index (Phi) is 4.82. The van der Waals surface area contributed by atoms with Crippen molar-refractivity contribution in [1.82, 2.24) is 15.3 Å². The van der Waals surface area contributed by atoms with Crippen molar-refractivity contribution in [1.29, 1.82) is 0 Å². The highest BCUT2D eigenvalue weighted by Gasteiger charge is 2.11. The monoisotopic (exact) mass is 388 g/mol. The maximum Gasteiger partial charge on any atom is 0.257 e. The summed E-state index contributed by atoms with van der Waals surface area (Å²) in [7, 11) is 0. The summed E-state index contributed by atoms with van der Waals surface area (Å²) < 4.78 is 5.74. The highest BCUT2D eigenvalue weighted by Crippen LogP contribution is 2.25. The Labute approximate surface area is 166 Å². The van der Waals surface area contributed by atoms with Crippen molar-refractivity contribution in [3.8, 4) is 11.5 Å². The number of pyridine rings is 1. The molecule has 2 aromatic heterocycles. The molecule has 7 heteroatoms. The summed E-state index contributed by atoms with van der Waals surface area (Å²) in [5.41, 5.74) is 4.29. The van der Waals surface area contributed by atoms with E-state index in [0.29, 0.717) is 28.4 Å². The number of nitrogens with one attached hydrogen (secondary N) is 2. The van der Waals surface area contributed by atoms with Gasteiger partial charge in [0.2, 0.25) is 5.89 Å². The molecule has 6 nitrogen and oxygen atoms in total. The normalized spacial score (nSPS) is 10.6. The fourth-order valence-corrected chi connectivity index (χ4v) is 2.88. The molecule has 2 heterocycles. The number of rotatable bonds is 3. The Balaban J connectivity index is 1.47. The third kappa shape index (κ3) is 3.89. The Morgan fingerprint density at radius 2 is 1.89 bits per heavy atom. The van der Waals surface area contributed by atoms with E-state index in [9.17, 15) is 4.79 Å². The summed E-state index contributed by atoms with van der Waals surface area (Å²) >= 11 is 5.26. The van der Waals surface area contributed by atoms with E-state index >= 15 is 0 Å². The fourth-order valence-electron chi connectivity index (χ4n) is 2.67. The van der Waals surface area contributed by atoms with Gasteiger partial charge in [0.1, 0.15) is 0 Å². The molecule has 0 aliphatic rings. The average Bonchev–Trinajstić information content (AvgIpc) is 3.13. The van der Waals surface area contributed by atoms with Crippen LogP contribution in [-0.4, -0.2) is 21.0 Å². The molecule has 0 spiro atoms. The minimum absolute atomic E-state index is 0.210. The lowest BCUT2D eigenvalue weighted by molar-refractivity contribution is 0.0977. The zero-order valence-electron chi connectivity index (χ0n) is 15.0. The highest BCUT2D eigenvalue weighted by atomic mass is 32.1. The van der Waals surface area contributed by atoms with E-state index in [2.05, 4.69) is 20.6 Å². The minimum atomic E-state index is -0.265. The van der Waals surface area contributed by atoms with E-state index in [-0.39, 0.29) is 11.0 Å². The number of hydrogen-bond acceptors (Lipinski definition) is 5. The molecule has 2 N–H and O–H groups in total. The summed E-state index contributed by atoms with van der Waals surface area (Å²) in [6.45, 7) is 1.97. The van der Waals surface area contributed by atoms with Gasteiger partial charge in [-0.1, -0.05) is 23.8 Å². The number of aryl methyl sites for hydroxylation is 1.